The Labute approximate surface area is 245 Å². The summed E-state index contributed by atoms with van der Waals surface area (Å²) in [5, 5.41) is 0. The van der Waals surface area contributed by atoms with Crippen molar-refractivity contribution in [3.05, 3.63) is 59.7 Å². The molecule has 6 aliphatic rings. The average Bonchev–Trinajstić information content (AvgIpc) is 2.97. The zero-order valence-electron chi connectivity index (χ0n) is 26.4. The quantitative estimate of drug-likeness (QED) is 0.361. The van der Waals surface area contributed by atoms with Gasteiger partial charge in [0.05, 0.1) is 13.2 Å². The number of nitrogens with zero attached hydrogens (tertiary/aromatic N) is 1. The standard InChI is InChI=1S/C19H28O.C18H27NO/c1-18(2,3)16-5-4-6-17(13-16)20-14-19-10-7-15(8-11-19)9-12-19;1-17(2,3)15-4-6-16(7-5-15)20-14-18-8-11-19(12-9-18)13-10-18/h4-6,13,15H,7-12,14H2,1-3H3;4-7H,8-14H2,1-3H3. The molecule has 6 fully saturated rings. The zero-order chi connectivity index (χ0) is 28.4. The molecule has 3 heterocycles. The topological polar surface area (TPSA) is 21.7 Å². The van der Waals surface area contributed by atoms with Gasteiger partial charge in [0.15, 0.2) is 0 Å². The van der Waals surface area contributed by atoms with Gasteiger partial charge in [-0.05, 0) is 130 Å². The summed E-state index contributed by atoms with van der Waals surface area (Å²) >= 11 is 0. The number of rotatable bonds is 6. The van der Waals surface area contributed by atoms with Crippen LogP contribution in [0.3, 0.4) is 0 Å². The van der Waals surface area contributed by atoms with Gasteiger partial charge in [0.2, 0.25) is 0 Å². The molecule has 8 rings (SSSR count). The summed E-state index contributed by atoms with van der Waals surface area (Å²) in [5.74, 6) is 3.11. The number of fused-ring (bicyclic) bond motifs is 6. The summed E-state index contributed by atoms with van der Waals surface area (Å²) in [6.07, 6.45) is 12.4. The molecular formula is C37H55NO2. The van der Waals surface area contributed by atoms with Gasteiger partial charge >= 0.3 is 0 Å². The number of ether oxygens (including phenoxy) is 2. The van der Waals surface area contributed by atoms with Gasteiger partial charge < -0.3 is 14.4 Å². The minimum Gasteiger partial charge on any atom is -0.493 e. The molecule has 0 unspecified atom stereocenters. The van der Waals surface area contributed by atoms with E-state index in [9.17, 15) is 0 Å². The highest BCUT2D eigenvalue weighted by molar-refractivity contribution is 5.33. The number of hydrogen-bond acceptors (Lipinski definition) is 3. The molecule has 3 aliphatic carbocycles. The van der Waals surface area contributed by atoms with Crippen molar-refractivity contribution in [2.45, 2.75) is 110 Å². The predicted octanol–water partition coefficient (Wildman–Crippen LogP) is 9.18. The summed E-state index contributed by atoms with van der Waals surface area (Å²) in [7, 11) is 0. The van der Waals surface area contributed by atoms with Crippen molar-refractivity contribution >= 4 is 0 Å². The molecule has 3 saturated carbocycles. The van der Waals surface area contributed by atoms with Gasteiger partial charge in [0.1, 0.15) is 11.5 Å². The SMILES string of the molecule is CC(C)(C)c1ccc(OCC23CCN(CC2)CC3)cc1.CC(C)(C)c1cccc(OCC23CCC(CC2)CC3)c1. The Balaban J connectivity index is 0.000000161. The lowest BCUT2D eigenvalue weighted by molar-refractivity contribution is -0.00766. The highest BCUT2D eigenvalue weighted by Gasteiger charge is 2.41. The molecule has 0 radical (unpaired) electrons. The summed E-state index contributed by atoms with van der Waals surface area (Å²) in [5.41, 5.74) is 4.09. The van der Waals surface area contributed by atoms with Crippen LogP contribution in [0.25, 0.3) is 0 Å². The van der Waals surface area contributed by atoms with Crippen molar-refractivity contribution in [3.63, 3.8) is 0 Å². The maximum Gasteiger partial charge on any atom is 0.119 e. The number of hydrogen-bond donors (Lipinski definition) is 0. The van der Waals surface area contributed by atoms with Crippen LogP contribution in [0.5, 0.6) is 11.5 Å². The molecule has 0 aromatic heterocycles. The molecule has 3 aliphatic heterocycles. The van der Waals surface area contributed by atoms with Crippen molar-refractivity contribution in [3.8, 4) is 11.5 Å². The lowest BCUT2D eigenvalue weighted by Gasteiger charge is -2.48. The molecule has 0 spiro atoms. The predicted molar refractivity (Wildman–Crippen MR) is 168 cm³/mol. The molecule has 0 atom stereocenters. The molecule has 2 aromatic rings. The van der Waals surface area contributed by atoms with Crippen LogP contribution in [0.15, 0.2) is 48.5 Å². The molecule has 2 aromatic carbocycles. The molecule has 220 valence electrons. The van der Waals surface area contributed by atoms with E-state index in [-0.39, 0.29) is 10.8 Å². The van der Waals surface area contributed by atoms with Gasteiger partial charge in [0.25, 0.3) is 0 Å². The minimum atomic E-state index is 0.195. The summed E-state index contributed by atoms with van der Waals surface area (Å²) in [6.45, 7) is 19.1. The largest absolute Gasteiger partial charge is 0.493 e. The summed E-state index contributed by atoms with van der Waals surface area (Å²) in [6, 6.07) is 17.4. The fraction of sp³-hybridized carbons (Fsp3) is 0.676. The van der Waals surface area contributed by atoms with Crippen molar-refractivity contribution in [1.82, 2.24) is 4.90 Å². The third kappa shape index (κ3) is 7.25. The van der Waals surface area contributed by atoms with Crippen LogP contribution >= 0.6 is 0 Å². The van der Waals surface area contributed by atoms with E-state index in [2.05, 4.69) is 95.0 Å². The van der Waals surface area contributed by atoms with Gasteiger partial charge in [-0.3, -0.25) is 0 Å². The van der Waals surface area contributed by atoms with Crippen LogP contribution in [-0.2, 0) is 10.8 Å². The maximum absolute atomic E-state index is 6.20. The van der Waals surface area contributed by atoms with E-state index in [1.807, 2.05) is 0 Å². The van der Waals surface area contributed by atoms with E-state index in [0.29, 0.717) is 10.8 Å². The average molecular weight is 546 g/mol. The first kappa shape index (κ1) is 29.5. The van der Waals surface area contributed by atoms with Crippen molar-refractivity contribution < 1.29 is 9.47 Å². The van der Waals surface area contributed by atoms with Gasteiger partial charge in [-0.2, -0.15) is 0 Å². The Kier molecular flexibility index (Phi) is 8.63. The van der Waals surface area contributed by atoms with Gasteiger partial charge in [-0.1, -0.05) is 65.8 Å². The fourth-order valence-electron chi connectivity index (χ4n) is 7.24. The van der Waals surface area contributed by atoms with E-state index in [4.69, 9.17) is 9.47 Å². The van der Waals surface area contributed by atoms with Crippen LogP contribution in [0, 0.1) is 16.7 Å². The molecule has 3 heteroatoms. The van der Waals surface area contributed by atoms with Crippen LogP contribution in [0.4, 0.5) is 0 Å². The Morgan fingerprint density at radius 2 is 1.12 bits per heavy atom. The van der Waals surface area contributed by atoms with Crippen molar-refractivity contribution in [1.29, 1.82) is 0 Å². The molecule has 3 saturated heterocycles. The molecule has 0 N–H and O–H groups in total. The molecule has 3 nitrogen and oxygen atoms in total. The highest BCUT2D eigenvalue weighted by atomic mass is 16.5. The van der Waals surface area contributed by atoms with Crippen LogP contribution < -0.4 is 9.47 Å². The first-order chi connectivity index (χ1) is 18.9. The maximum atomic E-state index is 6.20. The van der Waals surface area contributed by atoms with Crippen LogP contribution in [0.1, 0.15) is 110 Å². The number of piperidine rings is 3. The van der Waals surface area contributed by atoms with Crippen LogP contribution in [-0.4, -0.2) is 37.7 Å². The first-order valence-corrected chi connectivity index (χ1v) is 16.1. The monoisotopic (exact) mass is 545 g/mol. The second-order valence-corrected chi connectivity index (χ2v) is 15.7. The third-order valence-electron chi connectivity index (χ3n) is 10.6. The Hall–Kier alpha value is -2.00. The molecular weight excluding hydrogens is 490 g/mol. The van der Waals surface area contributed by atoms with Crippen LogP contribution in [0.2, 0.25) is 0 Å². The first-order valence-electron chi connectivity index (χ1n) is 16.1. The second kappa shape index (κ2) is 11.7. The van der Waals surface area contributed by atoms with Crippen molar-refractivity contribution in [2.24, 2.45) is 16.7 Å². The van der Waals surface area contributed by atoms with E-state index in [1.165, 1.54) is 88.5 Å². The Bertz CT molecular complexity index is 1060. The Morgan fingerprint density at radius 1 is 0.625 bits per heavy atom. The molecule has 4 bridgehead atoms. The highest BCUT2D eigenvalue weighted by Crippen LogP contribution is 2.50. The molecule has 40 heavy (non-hydrogen) atoms. The second-order valence-electron chi connectivity index (χ2n) is 15.7. The van der Waals surface area contributed by atoms with Crippen molar-refractivity contribution in [2.75, 3.05) is 32.8 Å². The van der Waals surface area contributed by atoms with E-state index in [1.54, 1.807) is 0 Å². The minimum absolute atomic E-state index is 0.195. The molecule has 0 amide bonds. The summed E-state index contributed by atoms with van der Waals surface area (Å²) in [4.78, 5) is 2.58. The summed E-state index contributed by atoms with van der Waals surface area (Å²) < 4.78 is 12.3. The lowest BCUT2D eigenvalue weighted by atomic mass is 9.61. The van der Waals surface area contributed by atoms with Gasteiger partial charge in [-0.15, -0.1) is 0 Å². The van der Waals surface area contributed by atoms with Gasteiger partial charge in [0, 0.05) is 10.8 Å². The van der Waals surface area contributed by atoms with E-state index < -0.39 is 0 Å². The number of benzene rings is 2. The van der Waals surface area contributed by atoms with E-state index in [0.717, 1.165) is 30.6 Å². The normalized spacial score (nSPS) is 29.4. The van der Waals surface area contributed by atoms with E-state index >= 15 is 0 Å². The third-order valence-corrected chi connectivity index (χ3v) is 10.6. The zero-order valence-corrected chi connectivity index (χ0v) is 26.4. The van der Waals surface area contributed by atoms with Gasteiger partial charge in [-0.25, -0.2) is 0 Å². The fourth-order valence-corrected chi connectivity index (χ4v) is 7.24. The smallest absolute Gasteiger partial charge is 0.119 e. The lowest BCUT2D eigenvalue weighted by Crippen LogP contribution is -2.50. The Morgan fingerprint density at radius 3 is 1.65 bits per heavy atom.